The largest absolute Gasteiger partial charge is 0.439 e. The van der Waals surface area contributed by atoms with Crippen molar-refractivity contribution in [2.75, 3.05) is 50.8 Å². The molecule has 1 aromatic carbocycles. The first-order valence-electron chi connectivity index (χ1n) is 9.69. The zero-order valence-electron chi connectivity index (χ0n) is 16.6. The molecule has 0 radical (unpaired) electrons. The van der Waals surface area contributed by atoms with Crippen molar-refractivity contribution < 1.29 is 14.3 Å². The lowest BCUT2D eigenvalue weighted by molar-refractivity contribution is -0.120. The fraction of sp³-hybridized carbons (Fsp3) is 0.333. The average molecular weight is 408 g/mol. The van der Waals surface area contributed by atoms with E-state index in [2.05, 4.69) is 25.9 Å². The van der Waals surface area contributed by atoms with Gasteiger partial charge in [-0.3, -0.25) is 9.69 Å². The van der Waals surface area contributed by atoms with Crippen molar-refractivity contribution in [2.24, 2.45) is 5.73 Å². The fourth-order valence-corrected chi connectivity index (χ4v) is 3.21. The highest BCUT2D eigenvalue weighted by Gasteiger charge is 2.18. The summed E-state index contributed by atoms with van der Waals surface area (Å²) in [7, 11) is 0. The molecular weight excluding hydrogens is 384 g/mol. The highest BCUT2D eigenvalue weighted by atomic mass is 16.6. The maximum Gasteiger partial charge on any atom is 0.407 e. The van der Waals surface area contributed by atoms with Crippen LogP contribution in [0.2, 0.25) is 0 Å². The molecule has 0 aliphatic carbocycles. The Labute approximate surface area is 175 Å². The van der Waals surface area contributed by atoms with E-state index in [9.17, 15) is 9.59 Å². The molecule has 1 saturated heterocycles. The zero-order chi connectivity index (χ0) is 21.3. The second-order valence-corrected chi connectivity index (χ2v) is 6.87. The average Bonchev–Trinajstić information content (AvgIpc) is 2.78. The molecule has 2 amide bonds. The summed E-state index contributed by atoms with van der Waals surface area (Å²) in [5.74, 6) is 0.222. The van der Waals surface area contributed by atoms with Crippen LogP contribution in [0.1, 0.15) is 5.56 Å². The Balaban J connectivity index is 1.49. The topological polar surface area (TPSA) is 125 Å². The molecule has 1 aliphatic rings. The Morgan fingerprint density at radius 1 is 1.17 bits per heavy atom. The molecule has 0 saturated carbocycles. The van der Waals surface area contributed by atoms with Gasteiger partial charge in [0.15, 0.2) is 6.61 Å². The Kier molecular flexibility index (Phi) is 7.19. The van der Waals surface area contributed by atoms with Gasteiger partial charge in [0.2, 0.25) is 0 Å². The highest BCUT2D eigenvalue weighted by molar-refractivity contribution is 5.78. The van der Waals surface area contributed by atoms with Crippen LogP contribution < -0.4 is 16.0 Å². The van der Waals surface area contributed by atoms with Crippen LogP contribution in [0.25, 0.3) is 11.3 Å². The van der Waals surface area contributed by atoms with Crippen molar-refractivity contribution in [1.82, 2.24) is 15.2 Å². The number of nitriles is 1. The number of ether oxygens (including phenoxy) is 1. The second kappa shape index (κ2) is 10.2. The summed E-state index contributed by atoms with van der Waals surface area (Å²) in [6.07, 6.45) is -0.645. The first-order valence-corrected chi connectivity index (χ1v) is 9.69. The van der Waals surface area contributed by atoms with Crippen LogP contribution in [0.4, 0.5) is 10.6 Å². The van der Waals surface area contributed by atoms with Gasteiger partial charge in [0, 0.05) is 44.8 Å². The molecule has 0 bridgehead atoms. The van der Waals surface area contributed by atoms with E-state index in [1.165, 1.54) is 0 Å². The normalized spacial score (nSPS) is 14.0. The molecule has 0 spiro atoms. The smallest absolute Gasteiger partial charge is 0.407 e. The first kappa shape index (κ1) is 21.1. The van der Waals surface area contributed by atoms with Crippen molar-refractivity contribution in [1.29, 1.82) is 5.26 Å². The number of primary amides is 1. The molecule has 2 heterocycles. The standard InChI is InChI=1S/C21H24N6O3/c22-14-16-3-1-4-17(13-16)18-5-2-6-20(25-18)27-11-9-26(10-12-27)8-7-24-21(29)30-15-19(23)28/h1-6,13H,7-12,15H2,(H2,23,28)(H,24,29). The summed E-state index contributed by atoms with van der Waals surface area (Å²) in [6.45, 7) is 4.02. The summed E-state index contributed by atoms with van der Waals surface area (Å²) >= 11 is 0. The lowest BCUT2D eigenvalue weighted by atomic mass is 10.1. The minimum atomic E-state index is -0.684. The van der Waals surface area contributed by atoms with E-state index in [0.717, 1.165) is 43.3 Å². The summed E-state index contributed by atoms with van der Waals surface area (Å²) in [5.41, 5.74) is 7.30. The Morgan fingerprint density at radius 3 is 2.67 bits per heavy atom. The number of amides is 2. The zero-order valence-corrected chi connectivity index (χ0v) is 16.6. The van der Waals surface area contributed by atoms with Crippen molar-refractivity contribution >= 4 is 17.8 Å². The lowest BCUT2D eigenvalue weighted by Crippen LogP contribution is -2.48. The van der Waals surface area contributed by atoms with E-state index in [0.29, 0.717) is 18.7 Å². The number of piperazine rings is 1. The van der Waals surface area contributed by atoms with Gasteiger partial charge in [-0.1, -0.05) is 18.2 Å². The van der Waals surface area contributed by atoms with E-state index in [1.807, 2.05) is 36.4 Å². The van der Waals surface area contributed by atoms with Crippen LogP contribution in [0.3, 0.4) is 0 Å². The molecule has 0 atom stereocenters. The minimum Gasteiger partial charge on any atom is -0.439 e. The maximum absolute atomic E-state index is 11.4. The van der Waals surface area contributed by atoms with Crippen LogP contribution >= 0.6 is 0 Å². The number of nitrogens with one attached hydrogen (secondary N) is 1. The molecule has 1 aromatic heterocycles. The highest BCUT2D eigenvalue weighted by Crippen LogP contribution is 2.22. The number of hydrogen-bond acceptors (Lipinski definition) is 7. The number of rotatable bonds is 7. The molecule has 3 rings (SSSR count). The number of carbonyl (C=O) groups is 2. The molecule has 3 N–H and O–H groups in total. The number of benzene rings is 1. The third kappa shape index (κ3) is 5.93. The van der Waals surface area contributed by atoms with Gasteiger partial charge >= 0.3 is 6.09 Å². The van der Waals surface area contributed by atoms with Gasteiger partial charge in [0.05, 0.1) is 17.3 Å². The summed E-state index contributed by atoms with van der Waals surface area (Å²) in [5, 5.41) is 11.7. The van der Waals surface area contributed by atoms with Gasteiger partial charge in [0.25, 0.3) is 5.91 Å². The van der Waals surface area contributed by atoms with E-state index >= 15 is 0 Å². The Hall–Kier alpha value is -3.64. The van der Waals surface area contributed by atoms with Gasteiger partial charge in [-0.05, 0) is 24.3 Å². The maximum atomic E-state index is 11.4. The lowest BCUT2D eigenvalue weighted by Gasteiger charge is -2.35. The predicted molar refractivity (Wildman–Crippen MR) is 112 cm³/mol. The number of aromatic nitrogens is 1. The monoisotopic (exact) mass is 408 g/mol. The van der Waals surface area contributed by atoms with Crippen LogP contribution in [0, 0.1) is 11.3 Å². The predicted octanol–water partition coefficient (Wildman–Crippen LogP) is 0.954. The number of alkyl carbamates (subject to hydrolysis) is 1. The quantitative estimate of drug-likeness (QED) is 0.699. The molecule has 156 valence electrons. The number of carbonyl (C=O) groups excluding carboxylic acids is 2. The molecular formula is C21H24N6O3. The molecule has 2 aromatic rings. The van der Waals surface area contributed by atoms with Crippen molar-refractivity contribution in [3.63, 3.8) is 0 Å². The van der Waals surface area contributed by atoms with Crippen LogP contribution in [-0.2, 0) is 9.53 Å². The van der Waals surface area contributed by atoms with E-state index in [1.54, 1.807) is 6.07 Å². The third-order valence-corrected chi connectivity index (χ3v) is 4.76. The van der Waals surface area contributed by atoms with E-state index in [4.69, 9.17) is 16.0 Å². The van der Waals surface area contributed by atoms with Gasteiger partial charge in [-0.2, -0.15) is 5.26 Å². The minimum absolute atomic E-state index is 0.419. The summed E-state index contributed by atoms with van der Waals surface area (Å²) in [6, 6.07) is 15.5. The second-order valence-electron chi connectivity index (χ2n) is 6.87. The third-order valence-electron chi connectivity index (χ3n) is 4.76. The molecule has 9 nitrogen and oxygen atoms in total. The number of hydrogen-bond donors (Lipinski definition) is 2. The van der Waals surface area contributed by atoms with Gasteiger partial charge < -0.3 is 20.7 Å². The van der Waals surface area contributed by atoms with Gasteiger partial charge in [-0.25, -0.2) is 9.78 Å². The number of nitrogens with two attached hydrogens (primary N) is 1. The SMILES string of the molecule is N#Cc1cccc(-c2cccc(N3CCN(CCNC(=O)OCC(N)=O)CC3)n2)c1. The van der Waals surface area contributed by atoms with Crippen LogP contribution in [-0.4, -0.2) is 67.8 Å². The number of anilines is 1. The van der Waals surface area contributed by atoms with E-state index < -0.39 is 18.6 Å². The first-order chi connectivity index (χ1) is 14.5. The number of pyridine rings is 1. The molecule has 1 fully saturated rings. The van der Waals surface area contributed by atoms with Gasteiger partial charge in [0.1, 0.15) is 5.82 Å². The van der Waals surface area contributed by atoms with Crippen LogP contribution in [0.5, 0.6) is 0 Å². The Bertz CT molecular complexity index is 934. The van der Waals surface area contributed by atoms with Crippen molar-refractivity contribution in [3.8, 4) is 17.3 Å². The van der Waals surface area contributed by atoms with E-state index in [-0.39, 0.29) is 0 Å². The fourth-order valence-electron chi connectivity index (χ4n) is 3.21. The molecule has 9 heteroatoms. The molecule has 1 aliphatic heterocycles. The Morgan fingerprint density at radius 2 is 1.93 bits per heavy atom. The summed E-state index contributed by atoms with van der Waals surface area (Å²) < 4.78 is 4.65. The van der Waals surface area contributed by atoms with Crippen molar-refractivity contribution in [3.05, 3.63) is 48.0 Å². The van der Waals surface area contributed by atoms with Crippen LogP contribution in [0.15, 0.2) is 42.5 Å². The molecule has 0 unspecified atom stereocenters. The molecule has 30 heavy (non-hydrogen) atoms. The van der Waals surface area contributed by atoms with Crippen molar-refractivity contribution in [2.45, 2.75) is 0 Å². The van der Waals surface area contributed by atoms with Gasteiger partial charge in [-0.15, -0.1) is 0 Å². The summed E-state index contributed by atoms with van der Waals surface area (Å²) in [4.78, 5) is 31.3. The number of nitrogens with zero attached hydrogens (tertiary/aromatic N) is 4.